The first-order chi connectivity index (χ1) is 17.9. The molecular weight excluding hydrogens is 501 g/mol. The second-order valence-electron chi connectivity index (χ2n) is 9.76. The van der Waals surface area contributed by atoms with E-state index in [0.717, 1.165) is 17.8 Å². The van der Waals surface area contributed by atoms with Crippen molar-refractivity contribution in [2.24, 2.45) is 0 Å². The fourth-order valence-corrected chi connectivity index (χ4v) is 4.80. The summed E-state index contributed by atoms with van der Waals surface area (Å²) < 4.78 is 55.4. The molecule has 0 amide bonds. The Hall–Kier alpha value is -3.93. The topological polar surface area (TPSA) is 100 Å². The van der Waals surface area contributed by atoms with Crippen molar-refractivity contribution in [3.8, 4) is 28.8 Å². The van der Waals surface area contributed by atoms with E-state index in [-0.39, 0.29) is 5.75 Å². The van der Waals surface area contributed by atoms with Crippen LogP contribution in [0.2, 0.25) is 0 Å². The maximum absolute atomic E-state index is 13.4. The molecule has 1 aliphatic heterocycles. The van der Waals surface area contributed by atoms with Crippen LogP contribution in [0.4, 0.5) is 13.2 Å². The Bertz CT molecular complexity index is 1470. The van der Waals surface area contributed by atoms with Crippen LogP contribution in [-0.2, 0) is 18.3 Å². The van der Waals surface area contributed by atoms with Gasteiger partial charge in [0.05, 0.1) is 24.7 Å². The predicted molar refractivity (Wildman–Crippen MR) is 131 cm³/mol. The van der Waals surface area contributed by atoms with Gasteiger partial charge < -0.3 is 23.7 Å². The molecule has 0 radical (unpaired) electrons. The van der Waals surface area contributed by atoms with Crippen LogP contribution in [0.3, 0.4) is 0 Å². The number of hydrogen-bond donors (Lipinski definition) is 1. The summed E-state index contributed by atoms with van der Waals surface area (Å²) in [6, 6.07) is 8.20. The lowest BCUT2D eigenvalue weighted by Gasteiger charge is -2.44. The first kappa shape index (κ1) is 25.7. The lowest BCUT2D eigenvalue weighted by atomic mass is 9.79. The Kier molecular flexibility index (Phi) is 6.17. The Labute approximate surface area is 216 Å². The third-order valence-corrected chi connectivity index (χ3v) is 6.72. The van der Waals surface area contributed by atoms with Crippen LogP contribution in [-0.4, -0.2) is 47.1 Å². The van der Waals surface area contributed by atoms with Crippen LogP contribution >= 0.6 is 0 Å². The maximum Gasteiger partial charge on any atom is 0.416 e. The average Bonchev–Trinajstić information content (AvgIpc) is 3.49. The molecule has 12 heteroatoms. The molecule has 0 bridgehead atoms. The summed E-state index contributed by atoms with van der Waals surface area (Å²) in [7, 11) is 1.51. The number of fused-ring (bicyclic) bond motifs is 1. The zero-order valence-corrected chi connectivity index (χ0v) is 21.3. The van der Waals surface area contributed by atoms with Crippen LogP contribution in [0, 0.1) is 6.92 Å². The standard InChI is InChI=1S/C26H27F3N6O3/c1-16-14-34(15-30-16)20-10-9-19(31-22(20)37-4)21-32-33-23-25(24(2,3)36,11-6-12-35(21)23)38-18-8-5-7-17(13-18)26(27,28)29/h5,7-10,13-15,36H,6,11-12H2,1-4H3. The smallest absolute Gasteiger partial charge is 0.416 e. The Morgan fingerprint density at radius 3 is 2.55 bits per heavy atom. The van der Waals surface area contributed by atoms with E-state index in [1.54, 1.807) is 35.4 Å². The number of methoxy groups -OCH3 is 1. The normalized spacial score (nSPS) is 17.8. The molecule has 200 valence electrons. The number of pyridine rings is 1. The lowest BCUT2D eigenvalue weighted by molar-refractivity contribution is -0.141. The zero-order chi connectivity index (χ0) is 27.3. The lowest BCUT2D eigenvalue weighted by Crippen LogP contribution is -2.55. The van der Waals surface area contributed by atoms with E-state index in [1.165, 1.54) is 19.2 Å². The fraction of sp³-hybridized carbons (Fsp3) is 0.385. The molecule has 0 fully saturated rings. The summed E-state index contributed by atoms with van der Waals surface area (Å²) in [4.78, 5) is 8.88. The van der Waals surface area contributed by atoms with Gasteiger partial charge in [-0.1, -0.05) is 6.07 Å². The highest BCUT2D eigenvalue weighted by molar-refractivity contribution is 5.56. The number of aryl methyl sites for hydroxylation is 1. The number of alkyl halides is 3. The van der Waals surface area contributed by atoms with Gasteiger partial charge >= 0.3 is 6.18 Å². The van der Waals surface area contributed by atoms with Crippen LogP contribution in [0.5, 0.6) is 11.6 Å². The molecule has 1 N–H and O–H groups in total. The molecule has 0 saturated carbocycles. The van der Waals surface area contributed by atoms with Crippen molar-refractivity contribution in [3.05, 3.63) is 66.0 Å². The van der Waals surface area contributed by atoms with Crippen molar-refractivity contribution in [1.29, 1.82) is 0 Å². The number of rotatable bonds is 6. The first-order valence-corrected chi connectivity index (χ1v) is 12.0. The Morgan fingerprint density at radius 1 is 1.11 bits per heavy atom. The Morgan fingerprint density at radius 2 is 1.89 bits per heavy atom. The summed E-state index contributed by atoms with van der Waals surface area (Å²) in [6.45, 7) is 5.49. The molecule has 1 aromatic carbocycles. The summed E-state index contributed by atoms with van der Waals surface area (Å²) in [6.07, 6.45) is -0.143. The van der Waals surface area contributed by atoms with E-state index in [2.05, 4.69) is 20.2 Å². The number of aromatic nitrogens is 6. The van der Waals surface area contributed by atoms with E-state index in [9.17, 15) is 18.3 Å². The number of nitrogens with zero attached hydrogens (tertiary/aromatic N) is 6. The third kappa shape index (κ3) is 4.38. The van der Waals surface area contributed by atoms with E-state index in [1.807, 2.05) is 19.2 Å². The molecule has 1 unspecified atom stereocenters. The SMILES string of the molecule is COc1nc(-c2nnc3n2CCCC3(Oc2cccc(C(F)(F)F)c2)C(C)(C)O)ccc1-n1cnc(C)c1. The van der Waals surface area contributed by atoms with E-state index in [4.69, 9.17) is 9.47 Å². The van der Waals surface area contributed by atoms with Crippen molar-refractivity contribution >= 4 is 0 Å². The molecular formula is C26H27F3N6O3. The zero-order valence-electron chi connectivity index (χ0n) is 21.3. The molecule has 38 heavy (non-hydrogen) atoms. The summed E-state index contributed by atoms with van der Waals surface area (Å²) in [5.74, 6) is 1.05. The second-order valence-corrected chi connectivity index (χ2v) is 9.76. The number of halogens is 3. The van der Waals surface area contributed by atoms with Crippen LogP contribution < -0.4 is 9.47 Å². The predicted octanol–water partition coefficient (Wildman–Crippen LogP) is 4.70. The van der Waals surface area contributed by atoms with Crippen LogP contribution in [0.15, 0.2) is 48.9 Å². The summed E-state index contributed by atoms with van der Waals surface area (Å²) in [5, 5.41) is 20.0. The van der Waals surface area contributed by atoms with Gasteiger partial charge in [-0.15, -0.1) is 10.2 Å². The number of imidazole rings is 1. The molecule has 4 heterocycles. The van der Waals surface area contributed by atoms with Gasteiger partial charge in [-0.25, -0.2) is 9.97 Å². The molecule has 1 atom stereocenters. The first-order valence-electron chi connectivity index (χ1n) is 12.0. The number of benzene rings is 1. The van der Waals surface area contributed by atoms with Gasteiger partial charge in [0, 0.05) is 12.7 Å². The van der Waals surface area contributed by atoms with Gasteiger partial charge in [0.1, 0.15) is 22.7 Å². The highest BCUT2D eigenvalue weighted by Crippen LogP contribution is 2.45. The van der Waals surface area contributed by atoms with Gasteiger partial charge in [0.2, 0.25) is 5.88 Å². The Balaban J connectivity index is 1.58. The molecule has 3 aromatic heterocycles. The average molecular weight is 529 g/mol. The van der Waals surface area contributed by atoms with E-state index in [0.29, 0.717) is 48.3 Å². The van der Waals surface area contributed by atoms with Gasteiger partial charge in [0.15, 0.2) is 17.2 Å². The van der Waals surface area contributed by atoms with Crippen molar-refractivity contribution in [2.45, 2.75) is 57.5 Å². The number of hydrogen-bond acceptors (Lipinski definition) is 7. The van der Waals surface area contributed by atoms with Crippen LogP contribution in [0.1, 0.15) is 43.8 Å². The maximum atomic E-state index is 13.4. The molecule has 0 saturated heterocycles. The molecule has 1 aliphatic rings. The fourth-order valence-electron chi connectivity index (χ4n) is 4.80. The van der Waals surface area contributed by atoms with Crippen molar-refractivity contribution < 1.29 is 27.8 Å². The van der Waals surface area contributed by atoms with Gasteiger partial charge in [-0.05, 0) is 63.9 Å². The summed E-state index contributed by atoms with van der Waals surface area (Å²) in [5.41, 5.74) is -1.81. The minimum Gasteiger partial charge on any atom is -0.479 e. The second kappa shape index (κ2) is 9.12. The van der Waals surface area contributed by atoms with Crippen molar-refractivity contribution in [1.82, 2.24) is 29.3 Å². The van der Waals surface area contributed by atoms with E-state index >= 15 is 0 Å². The van der Waals surface area contributed by atoms with Crippen molar-refractivity contribution in [3.63, 3.8) is 0 Å². The highest BCUT2D eigenvalue weighted by atomic mass is 19.4. The summed E-state index contributed by atoms with van der Waals surface area (Å²) >= 11 is 0. The van der Waals surface area contributed by atoms with Gasteiger partial charge in [-0.3, -0.25) is 0 Å². The minimum absolute atomic E-state index is 0.0280. The van der Waals surface area contributed by atoms with E-state index < -0.39 is 22.9 Å². The molecule has 9 nitrogen and oxygen atoms in total. The molecule has 0 aliphatic carbocycles. The minimum atomic E-state index is -4.53. The quantitative estimate of drug-likeness (QED) is 0.387. The number of aliphatic hydroxyl groups is 1. The highest BCUT2D eigenvalue weighted by Gasteiger charge is 2.53. The molecule has 4 aromatic rings. The molecule has 0 spiro atoms. The van der Waals surface area contributed by atoms with Gasteiger partial charge in [0.25, 0.3) is 0 Å². The third-order valence-electron chi connectivity index (χ3n) is 6.72. The molecule has 5 rings (SSSR count). The van der Waals surface area contributed by atoms with Gasteiger partial charge in [-0.2, -0.15) is 13.2 Å². The van der Waals surface area contributed by atoms with Crippen molar-refractivity contribution in [2.75, 3.05) is 7.11 Å². The van der Waals surface area contributed by atoms with Crippen LogP contribution in [0.25, 0.3) is 17.2 Å². The number of ether oxygens (including phenoxy) is 2. The largest absolute Gasteiger partial charge is 0.479 e. The monoisotopic (exact) mass is 528 g/mol.